The Bertz CT molecular complexity index is 1230. The zero-order valence-corrected chi connectivity index (χ0v) is 23.1. The minimum absolute atomic E-state index is 0.110. The minimum Gasteiger partial charge on any atom is -0.345 e. The van der Waals surface area contributed by atoms with Crippen LogP contribution in [0.15, 0.2) is 18.3 Å². The zero-order valence-electron chi connectivity index (χ0n) is 21.5. The van der Waals surface area contributed by atoms with Crippen molar-refractivity contribution in [1.29, 1.82) is 0 Å². The first-order valence-electron chi connectivity index (χ1n) is 12.4. The van der Waals surface area contributed by atoms with Gasteiger partial charge in [0.15, 0.2) is 10.8 Å². The van der Waals surface area contributed by atoms with Gasteiger partial charge in [-0.2, -0.15) is 0 Å². The summed E-state index contributed by atoms with van der Waals surface area (Å²) in [6.45, 7) is 4.93. The number of Topliss-reactive ketones (excluding diaryl/α,β-unsaturated/α-hetero) is 1. The Kier molecular flexibility index (Phi) is 8.46. The number of nitrogens with one attached hydrogen (secondary N) is 3. The lowest BCUT2D eigenvalue weighted by molar-refractivity contribution is -0.137. The van der Waals surface area contributed by atoms with Gasteiger partial charge < -0.3 is 26.6 Å². The highest BCUT2D eigenvalue weighted by Crippen LogP contribution is 2.30. The molecule has 2 aliphatic rings. The molecule has 11 nitrogen and oxygen atoms in total. The quantitative estimate of drug-likeness (QED) is 0.386. The molecule has 38 heavy (non-hydrogen) atoms. The van der Waals surface area contributed by atoms with E-state index in [1.54, 1.807) is 19.9 Å². The standard InChI is InChI=1S/C25H32ClN7O4S/c1-25(2,27)20(34)13-4-6-15(29-21(35)22(36)32-19-7-5-14(26)11-28-19)17(10-13)30-23(37)24-31-16-8-9-33(3)12-18(16)38-24/h5,7,11,13,15,17H,4,6,8-10,12,27H2,1-3H3,(H,29,35)(H,30,37)(H,28,32,36)/t13-,15-,17?/m0/s1. The molecule has 4 rings (SSSR count). The maximum atomic E-state index is 13.2. The number of aromatic nitrogens is 2. The third-order valence-corrected chi connectivity index (χ3v) is 8.09. The van der Waals surface area contributed by atoms with Gasteiger partial charge in [-0.05, 0) is 52.3 Å². The van der Waals surface area contributed by atoms with E-state index in [1.165, 1.54) is 23.6 Å². The fourth-order valence-corrected chi connectivity index (χ4v) is 5.98. The predicted octanol–water partition coefficient (Wildman–Crippen LogP) is 1.51. The molecule has 3 heterocycles. The van der Waals surface area contributed by atoms with E-state index in [0.717, 1.165) is 30.1 Å². The molecule has 3 amide bonds. The van der Waals surface area contributed by atoms with Crippen LogP contribution < -0.4 is 21.7 Å². The summed E-state index contributed by atoms with van der Waals surface area (Å²) in [7, 11) is 2.02. The Morgan fingerprint density at radius 2 is 1.89 bits per heavy atom. The van der Waals surface area contributed by atoms with Crippen LogP contribution in [0, 0.1) is 5.92 Å². The van der Waals surface area contributed by atoms with Gasteiger partial charge in [0.25, 0.3) is 5.91 Å². The molecule has 2 aromatic heterocycles. The number of ketones is 1. The maximum Gasteiger partial charge on any atom is 0.314 e. The third-order valence-electron chi connectivity index (χ3n) is 6.78. The highest BCUT2D eigenvalue weighted by atomic mass is 35.5. The number of nitrogens with two attached hydrogens (primary N) is 1. The number of pyridine rings is 1. The Morgan fingerprint density at radius 1 is 1.13 bits per heavy atom. The summed E-state index contributed by atoms with van der Waals surface area (Å²) in [6.07, 6.45) is 3.26. The van der Waals surface area contributed by atoms with Crippen molar-refractivity contribution in [3.05, 3.63) is 38.9 Å². The highest BCUT2D eigenvalue weighted by Gasteiger charge is 2.40. The second-order valence-corrected chi connectivity index (χ2v) is 12.0. The van der Waals surface area contributed by atoms with E-state index in [2.05, 4.69) is 30.8 Å². The summed E-state index contributed by atoms with van der Waals surface area (Å²) in [6, 6.07) is 1.86. The summed E-state index contributed by atoms with van der Waals surface area (Å²) < 4.78 is 0. The number of fused-ring (bicyclic) bond motifs is 1. The summed E-state index contributed by atoms with van der Waals surface area (Å²) in [5, 5.41) is 8.86. The van der Waals surface area contributed by atoms with Crippen molar-refractivity contribution < 1.29 is 19.2 Å². The largest absolute Gasteiger partial charge is 0.345 e. The van der Waals surface area contributed by atoms with Gasteiger partial charge in [0, 0.05) is 42.5 Å². The van der Waals surface area contributed by atoms with Crippen LogP contribution in [0.2, 0.25) is 5.02 Å². The topological polar surface area (TPSA) is 159 Å². The monoisotopic (exact) mass is 561 g/mol. The van der Waals surface area contributed by atoms with Crippen molar-refractivity contribution in [1.82, 2.24) is 25.5 Å². The first-order chi connectivity index (χ1) is 17.9. The van der Waals surface area contributed by atoms with Crippen LogP contribution in [0.1, 0.15) is 53.5 Å². The molecule has 0 saturated heterocycles. The number of nitrogens with zero attached hydrogens (tertiary/aromatic N) is 3. The van der Waals surface area contributed by atoms with E-state index in [9.17, 15) is 19.2 Å². The molecule has 0 radical (unpaired) electrons. The molecule has 5 N–H and O–H groups in total. The Morgan fingerprint density at radius 3 is 2.58 bits per heavy atom. The number of likely N-dealkylation sites (N-methyl/N-ethyl adjacent to an activating group) is 1. The van der Waals surface area contributed by atoms with Crippen LogP contribution in [0.5, 0.6) is 0 Å². The second-order valence-electron chi connectivity index (χ2n) is 10.4. The molecule has 1 aliphatic carbocycles. The smallest absolute Gasteiger partial charge is 0.314 e. The van der Waals surface area contributed by atoms with Gasteiger partial charge in [-0.15, -0.1) is 11.3 Å². The average molecular weight is 562 g/mol. The summed E-state index contributed by atoms with van der Waals surface area (Å²) in [5.74, 6) is -2.46. The van der Waals surface area contributed by atoms with Gasteiger partial charge >= 0.3 is 11.8 Å². The summed E-state index contributed by atoms with van der Waals surface area (Å²) in [4.78, 5) is 63.1. The fraction of sp³-hybridized carbons (Fsp3) is 0.520. The van der Waals surface area contributed by atoms with Gasteiger partial charge in [-0.1, -0.05) is 11.6 Å². The van der Waals surface area contributed by atoms with Crippen LogP contribution in [0.3, 0.4) is 0 Å². The number of amides is 3. The van der Waals surface area contributed by atoms with Crippen LogP contribution in [-0.2, 0) is 27.3 Å². The third kappa shape index (κ3) is 6.73. The van der Waals surface area contributed by atoms with Crippen LogP contribution in [0.25, 0.3) is 0 Å². The van der Waals surface area contributed by atoms with Gasteiger partial charge in [-0.3, -0.25) is 19.2 Å². The predicted molar refractivity (Wildman–Crippen MR) is 144 cm³/mol. The summed E-state index contributed by atoms with van der Waals surface area (Å²) in [5.41, 5.74) is 5.97. The lowest BCUT2D eigenvalue weighted by atomic mass is 9.76. The van der Waals surface area contributed by atoms with Crippen molar-refractivity contribution >= 4 is 52.3 Å². The molecule has 2 aromatic rings. The molecular formula is C25H32ClN7O4S. The van der Waals surface area contributed by atoms with Crippen LogP contribution in [0.4, 0.5) is 5.82 Å². The van der Waals surface area contributed by atoms with E-state index in [-0.39, 0.29) is 23.9 Å². The lowest BCUT2D eigenvalue weighted by Crippen LogP contribution is -2.58. The number of anilines is 1. The normalized spacial score (nSPS) is 21.8. The average Bonchev–Trinajstić information content (AvgIpc) is 3.28. The highest BCUT2D eigenvalue weighted by molar-refractivity contribution is 7.13. The number of carbonyl (C=O) groups excluding carboxylic acids is 4. The van der Waals surface area contributed by atoms with E-state index < -0.39 is 35.4 Å². The molecule has 1 aliphatic heterocycles. The molecule has 0 spiro atoms. The zero-order chi connectivity index (χ0) is 27.6. The Labute approximate surface area is 229 Å². The Balaban J connectivity index is 1.47. The van der Waals surface area contributed by atoms with Gasteiger partial charge in [0.1, 0.15) is 5.82 Å². The molecule has 0 bridgehead atoms. The van der Waals surface area contributed by atoms with Gasteiger partial charge in [0.05, 0.1) is 22.3 Å². The fourth-order valence-electron chi connectivity index (χ4n) is 4.77. The number of hydrogen-bond donors (Lipinski definition) is 4. The molecule has 1 saturated carbocycles. The molecular weight excluding hydrogens is 530 g/mol. The van der Waals surface area contributed by atoms with Crippen LogP contribution in [-0.4, -0.2) is 69.6 Å². The summed E-state index contributed by atoms with van der Waals surface area (Å²) >= 11 is 7.16. The second kappa shape index (κ2) is 11.4. The Hall–Kier alpha value is -2.93. The molecule has 13 heteroatoms. The molecule has 1 fully saturated rings. The van der Waals surface area contributed by atoms with Crippen molar-refractivity contribution in [3.63, 3.8) is 0 Å². The van der Waals surface area contributed by atoms with E-state index in [1.807, 2.05) is 7.05 Å². The van der Waals surface area contributed by atoms with Gasteiger partial charge in [0.2, 0.25) is 0 Å². The maximum absolute atomic E-state index is 13.2. The molecule has 1 unspecified atom stereocenters. The van der Waals surface area contributed by atoms with Crippen molar-refractivity contribution in [2.45, 2.75) is 63.7 Å². The number of rotatable bonds is 6. The van der Waals surface area contributed by atoms with Crippen molar-refractivity contribution in [2.75, 3.05) is 18.9 Å². The van der Waals surface area contributed by atoms with Crippen molar-refractivity contribution in [2.24, 2.45) is 11.7 Å². The minimum atomic E-state index is -1.03. The van der Waals surface area contributed by atoms with Crippen molar-refractivity contribution in [3.8, 4) is 0 Å². The first kappa shape index (κ1) is 28.1. The number of halogens is 1. The number of hydrogen-bond acceptors (Lipinski definition) is 9. The molecule has 3 atom stereocenters. The first-order valence-corrected chi connectivity index (χ1v) is 13.6. The molecule has 204 valence electrons. The SMILES string of the molecule is CN1CCc2nc(C(=O)NC3C[C@@H](C(=O)C(C)(C)N)CC[C@@H]3NC(=O)C(=O)Nc3ccc(Cl)cn3)sc2C1. The number of thiazole rings is 1. The van der Waals surface area contributed by atoms with E-state index in [0.29, 0.717) is 22.9 Å². The van der Waals surface area contributed by atoms with Crippen LogP contribution >= 0.6 is 22.9 Å². The number of carbonyl (C=O) groups is 4. The van der Waals surface area contributed by atoms with E-state index in [4.69, 9.17) is 17.3 Å². The van der Waals surface area contributed by atoms with Gasteiger partial charge in [-0.25, -0.2) is 9.97 Å². The lowest BCUT2D eigenvalue weighted by Gasteiger charge is -2.38. The molecule has 0 aromatic carbocycles. The van der Waals surface area contributed by atoms with E-state index >= 15 is 0 Å².